The summed E-state index contributed by atoms with van der Waals surface area (Å²) in [5.74, 6) is 0. The fourth-order valence-corrected chi connectivity index (χ4v) is 2.02. The van der Waals surface area contributed by atoms with Gasteiger partial charge in [0, 0.05) is 11.5 Å². The van der Waals surface area contributed by atoms with Gasteiger partial charge in [0.15, 0.2) is 0 Å². The van der Waals surface area contributed by atoms with Gasteiger partial charge in [-0.25, -0.2) is 4.98 Å². The number of aliphatic hydroxyl groups excluding tert-OH is 1. The minimum Gasteiger partial charge on any atom is -0.396 e. The van der Waals surface area contributed by atoms with E-state index in [0.717, 1.165) is 23.5 Å². The molecule has 3 heteroatoms. The average Bonchev–Trinajstić information content (AvgIpc) is 2.26. The van der Waals surface area contributed by atoms with Crippen LogP contribution in [0.2, 0.25) is 0 Å². The highest BCUT2D eigenvalue weighted by molar-refractivity contribution is 7.11. The monoisotopic (exact) mass is 171 g/mol. The summed E-state index contributed by atoms with van der Waals surface area (Å²) in [5, 5.41) is 9.73. The standard InChI is InChI=1S/C8H13NOS/c1-6-8(4-3-5-10)11-7(2)9-6/h10H,3-5H2,1-2H3. The third kappa shape index (κ3) is 2.27. The van der Waals surface area contributed by atoms with Crippen molar-refractivity contribution in [3.8, 4) is 0 Å². The summed E-state index contributed by atoms with van der Waals surface area (Å²) in [5.41, 5.74) is 1.13. The second-order valence-corrected chi connectivity index (χ2v) is 3.86. The van der Waals surface area contributed by atoms with Gasteiger partial charge in [0.2, 0.25) is 0 Å². The Morgan fingerprint density at radius 3 is 2.64 bits per heavy atom. The smallest absolute Gasteiger partial charge is 0.0900 e. The van der Waals surface area contributed by atoms with E-state index in [4.69, 9.17) is 5.11 Å². The fourth-order valence-electron chi connectivity index (χ4n) is 1.05. The van der Waals surface area contributed by atoms with Gasteiger partial charge in [-0.3, -0.25) is 0 Å². The van der Waals surface area contributed by atoms with E-state index >= 15 is 0 Å². The molecule has 1 aromatic heterocycles. The summed E-state index contributed by atoms with van der Waals surface area (Å²) in [6.07, 6.45) is 1.82. The Bertz CT molecular complexity index is 232. The molecule has 0 fully saturated rings. The molecule has 1 heterocycles. The molecule has 0 aliphatic carbocycles. The first-order valence-electron chi connectivity index (χ1n) is 3.78. The Kier molecular flexibility index (Phi) is 3.02. The van der Waals surface area contributed by atoms with Crippen LogP contribution < -0.4 is 0 Å². The Hall–Kier alpha value is -0.410. The van der Waals surface area contributed by atoms with Crippen molar-refractivity contribution in [2.45, 2.75) is 26.7 Å². The van der Waals surface area contributed by atoms with Gasteiger partial charge in [0.25, 0.3) is 0 Å². The first-order chi connectivity index (χ1) is 5.24. The van der Waals surface area contributed by atoms with Crippen LogP contribution in [0, 0.1) is 13.8 Å². The maximum absolute atomic E-state index is 8.61. The zero-order valence-electron chi connectivity index (χ0n) is 6.92. The van der Waals surface area contributed by atoms with Crippen molar-refractivity contribution < 1.29 is 5.11 Å². The number of hydrogen-bond donors (Lipinski definition) is 1. The molecular formula is C8H13NOS. The first-order valence-corrected chi connectivity index (χ1v) is 4.59. The quantitative estimate of drug-likeness (QED) is 0.750. The Morgan fingerprint density at radius 2 is 2.18 bits per heavy atom. The van der Waals surface area contributed by atoms with Crippen molar-refractivity contribution in [2.75, 3.05) is 6.61 Å². The number of aryl methyl sites for hydroxylation is 3. The van der Waals surface area contributed by atoms with E-state index < -0.39 is 0 Å². The molecule has 0 radical (unpaired) electrons. The molecule has 1 N–H and O–H groups in total. The summed E-state index contributed by atoms with van der Waals surface area (Å²) >= 11 is 1.73. The normalized spacial score (nSPS) is 10.5. The van der Waals surface area contributed by atoms with Crippen LogP contribution in [0.5, 0.6) is 0 Å². The molecule has 0 aliphatic rings. The van der Waals surface area contributed by atoms with Gasteiger partial charge < -0.3 is 5.11 Å². The molecule has 0 saturated heterocycles. The minimum absolute atomic E-state index is 0.274. The summed E-state index contributed by atoms with van der Waals surface area (Å²) in [6.45, 7) is 4.31. The Morgan fingerprint density at radius 1 is 1.45 bits per heavy atom. The molecule has 0 unspecified atom stereocenters. The summed E-state index contributed by atoms with van der Waals surface area (Å²) in [4.78, 5) is 5.62. The maximum atomic E-state index is 8.61. The first kappa shape index (κ1) is 8.68. The van der Waals surface area contributed by atoms with E-state index in [1.165, 1.54) is 4.88 Å². The van der Waals surface area contributed by atoms with Crippen molar-refractivity contribution in [1.29, 1.82) is 0 Å². The molecule has 0 aliphatic heterocycles. The zero-order valence-corrected chi connectivity index (χ0v) is 7.74. The highest BCUT2D eigenvalue weighted by Crippen LogP contribution is 2.18. The summed E-state index contributed by atoms with van der Waals surface area (Å²) < 4.78 is 0. The third-order valence-corrected chi connectivity index (χ3v) is 2.69. The number of aliphatic hydroxyl groups is 1. The number of rotatable bonds is 3. The van der Waals surface area contributed by atoms with Crippen LogP contribution in [0.4, 0.5) is 0 Å². The highest BCUT2D eigenvalue weighted by atomic mass is 32.1. The van der Waals surface area contributed by atoms with E-state index in [-0.39, 0.29) is 6.61 Å². The van der Waals surface area contributed by atoms with E-state index in [1.807, 2.05) is 13.8 Å². The second kappa shape index (κ2) is 3.83. The lowest BCUT2D eigenvalue weighted by Gasteiger charge is -1.93. The molecule has 2 nitrogen and oxygen atoms in total. The topological polar surface area (TPSA) is 33.1 Å². The van der Waals surface area contributed by atoms with E-state index in [1.54, 1.807) is 11.3 Å². The van der Waals surface area contributed by atoms with Gasteiger partial charge in [0.1, 0.15) is 0 Å². The van der Waals surface area contributed by atoms with Crippen LogP contribution in [0.3, 0.4) is 0 Å². The predicted molar refractivity (Wildman–Crippen MR) is 47.0 cm³/mol. The minimum atomic E-state index is 0.274. The lowest BCUT2D eigenvalue weighted by atomic mass is 10.2. The molecule has 1 aromatic rings. The zero-order chi connectivity index (χ0) is 8.27. The van der Waals surface area contributed by atoms with Gasteiger partial charge >= 0.3 is 0 Å². The summed E-state index contributed by atoms with van der Waals surface area (Å²) in [7, 11) is 0. The number of hydrogen-bond acceptors (Lipinski definition) is 3. The van der Waals surface area contributed by atoms with Gasteiger partial charge in [0.05, 0.1) is 10.7 Å². The van der Waals surface area contributed by atoms with Crippen molar-refractivity contribution in [3.63, 3.8) is 0 Å². The van der Waals surface area contributed by atoms with Crippen LogP contribution in [0.25, 0.3) is 0 Å². The Balaban J connectivity index is 2.62. The SMILES string of the molecule is Cc1nc(C)c(CCCO)s1. The van der Waals surface area contributed by atoms with Crippen molar-refractivity contribution >= 4 is 11.3 Å². The Labute approximate surface area is 70.9 Å². The second-order valence-electron chi connectivity index (χ2n) is 2.57. The van der Waals surface area contributed by atoms with Crippen molar-refractivity contribution in [2.24, 2.45) is 0 Å². The summed E-state index contributed by atoms with van der Waals surface area (Å²) in [6, 6.07) is 0. The number of nitrogens with zero attached hydrogens (tertiary/aromatic N) is 1. The van der Waals surface area contributed by atoms with Crippen molar-refractivity contribution in [3.05, 3.63) is 15.6 Å². The van der Waals surface area contributed by atoms with Gasteiger partial charge in [-0.05, 0) is 26.7 Å². The average molecular weight is 171 g/mol. The molecule has 62 valence electrons. The van der Waals surface area contributed by atoms with Gasteiger partial charge in [-0.1, -0.05) is 0 Å². The van der Waals surface area contributed by atoms with Crippen LogP contribution >= 0.6 is 11.3 Å². The molecule has 0 aromatic carbocycles. The van der Waals surface area contributed by atoms with Gasteiger partial charge in [-0.15, -0.1) is 11.3 Å². The number of aromatic nitrogens is 1. The molecule has 0 bridgehead atoms. The van der Waals surface area contributed by atoms with E-state index in [9.17, 15) is 0 Å². The largest absolute Gasteiger partial charge is 0.396 e. The lowest BCUT2D eigenvalue weighted by Crippen LogP contribution is -1.88. The van der Waals surface area contributed by atoms with Gasteiger partial charge in [-0.2, -0.15) is 0 Å². The number of thiazole rings is 1. The highest BCUT2D eigenvalue weighted by Gasteiger charge is 2.02. The molecule has 0 atom stereocenters. The molecule has 0 spiro atoms. The van der Waals surface area contributed by atoms with Crippen LogP contribution in [0.15, 0.2) is 0 Å². The fraction of sp³-hybridized carbons (Fsp3) is 0.625. The van der Waals surface area contributed by atoms with Crippen LogP contribution in [-0.4, -0.2) is 16.7 Å². The predicted octanol–water partition coefficient (Wildman–Crippen LogP) is 1.68. The van der Waals surface area contributed by atoms with E-state index in [0.29, 0.717) is 0 Å². The van der Waals surface area contributed by atoms with E-state index in [2.05, 4.69) is 4.98 Å². The molecule has 0 amide bonds. The van der Waals surface area contributed by atoms with Crippen LogP contribution in [-0.2, 0) is 6.42 Å². The molecule has 11 heavy (non-hydrogen) atoms. The maximum Gasteiger partial charge on any atom is 0.0900 e. The molecule has 1 rings (SSSR count). The third-order valence-electron chi connectivity index (χ3n) is 1.56. The molecule has 0 saturated carbocycles. The lowest BCUT2D eigenvalue weighted by molar-refractivity contribution is 0.289. The molecular weight excluding hydrogens is 158 g/mol. The van der Waals surface area contributed by atoms with Crippen molar-refractivity contribution in [1.82, 2.24) is 4.98 Å². The van der Waals surface area contributed by atoms with Crippen LogP contribution in [0.1, 0.15) is 22.0 Å².